The number of rotatable bonds is 6. The Labute approximate surface area is 95.1 Å². The molecule has 0 spiro atoms. The maximum Gasteiger partial charge on any atom is 0.303 e. The van der Waals surface area contributed by atoms with Crippen LogP contribution in [0.3, 0.4) is 0 Å². The lowest BCUT2D eigenvalue weighted by molar-refractivity contribution is -0.137. The summed E-state index contributed by atoms with van der Waals surface area (Å²) in [6.45, 7) is 3.49. The van der Waals surface area contributed by atoms with Gasteiger partial charge in [0.05, 0.1) is 0 Å². The van der Waals surface area contributed by atoms with Gasteiger partial charge in [0.15, 0.2) is 0 Å². The van der Waals surface area contributed by atoms with Gasteiger partial charge in [-0.2, -0.15) is 0 Å². The van der Waals surface area contributed by atoms with Gasteiger partial charge in [-0.3, -0.25) is 4.79 Å². The zero-order valence-corrected chi connectivity index (χ0v) is 9.39. The number of aromatic hydroxyl groups is 1. The number of nitrogens with zero attached hydrogens (tertiary/aromatic N) is 1. The van der Waals surface area contributed by atoms with Gasteiger partial charge < -0.3 is 15.1 Å². The Morgan fingerprint density at radius 1 is 1.44 bits per heavy atom. The first kappa shape index (κ1) is 12.4. The minimum Gasteiger partial charge on any atom is -0.508 e. The summed E-state index contributed by atoms with van der Waals surface area (Å²) in [6, 6.07) is 6.99. The first-order chi connectivity index (χ1) is 7.63. The quantitative estimate of drug-likeness (QED) is 0.775. The van der Waals surface area contributed by atoms with Crippen molar-refractivity contribution in [2.24, 2.45) is 0 Å². The van der Waals surface area contributed by atoms with Gasteiger partial charge in [0.2, 0.25) is 0 Å². The van der Waals surface area contributed by atoms with Crippen molar-refractivity contribution in [1.82, 2.24) is 0 Å². The van der Waals surface area contributed by atoms with Gasteiger partial charge in [-0.1, -0.05) is 6.07 Å². The molecular weight excluding hydrogens is 206 g/mol. The van der Waals surface area contributed by atoms with E-state index in [2.05, 4.69) is 0 Å². The van der Waals surface area contributed by atoms with Gasteiger partial charge in [0.1, 0.15) is 5.75 Å². The highest BCUT2D eigenvalue weighted by Crippen LogP contribution is 2.20. The van der Waals surface area contributed by atoms with Crippen molar-refractivity contribution in [3.63, 3.8) is 0 Å². The van der Waals surface area contributed by atoms with E-state index in [9.17, 15) is 9.90 Å². The number of carbonyl (C=O) groups is 1. The van der Waals surface area contributed by atoms with E-state index in [0.717, 1.165) is 12.2 Å². The van der Waals surface area contributed by atoms with Crippen LogP contribution in [-0.4, -0.2) is 29.3 Å². The van der Waals surface area contributed by atoms with Crippen LogP contribution < -0.4 is 4.90 Å². The fourth-order valence-electron chi connectivity index (χ4n) is 1.58. The van der Waals surface area contributed by atoms with E-state index in [1.54, 1.807) is 18.2 Å². The molecule has 16 heavy (non-hydrogen) atoms. The van der Waals surface area contributed by atoms with Crippen molar-refractivity contribution >= 4 is 11.7 Å². The monoisotopic (exact) mass is 223 g/mol. The fraction of sp³-hybridized carbons (Fsp3) is 0.417. The van der Waals surface area contributed by atoms with E-state index < -0.39 is 5.97 Å². The molecule has 88 valence electrons. The van der Waals surface area contributed by atoms with Crippen LogP contribution in [0.25, 0.3) is 0 Å². The third-order valence-electron chi connectivity index (χ3n) is 2.40. The summed E-state index contributed by atoms with van der Waals surface area (Å²) in [5, 5.41) is 17.9. The van der Waals surface area contributed by atoms with Crippen LogP contribution in [0.15, 0.2) is 24.3 Å². The van der Waals surface area contributed by atoms with E-state index in [4.69, 9.17) is 5.11 Å². The van der Waals surface area contributed by atoms with Crippen LogP contribution in [0.5, 0.6) is 5.75 Å². The third kappa shape index (κ3) is 3.81. The van der Waals surface area contributed by atoms with Crippen molar-refractivity contribution in [3.05, 3.63) is 24.3 Å². The molecule has 0 fully saturated rings. The van der Waals surface area contributed by atoms with E-state index in [1.165, 1.54) is 0 Å². The molecule has 0 saturated heterocycles. The highest BCUT2D eigenvalue weighted by Gasteiger charge is 2.05. The summed E-state index contributed by atoms with van der Waals surface area (Å²) in [5.74, 6) is -0.541. The van der Waals surface area contributed by atoms with Crippen LogP contribution in [-0.2, 0) is 4.79 Å². The van der Waals surface area contributed by atoms with Gasteiger partial charge in [0, 0.05) is 31.3 Å². The minimum atomic E-state index is -0.771. The predicted molar refractivity (Wildman–Crippen MR) is 62.9 cm³/mol. The van der Waals surface area contributed by atoms with Crippen molar-refractivity contribution in [1.29, 1.82) is 0 Å². The predicted octanol–water partition coefficient (Wildman–Crippen LogP) is 2.08. The van der Waals surface area contributed by atoms with E-state index in [0.29, 0.717) is 13.0 Å². The van der Waals surface area contributed by atoms with E-state index >= 15 is 0 Å². The molecule has 2 N–H and O–H groups in total. The van der Waals surface area contributed by atoms with Crippen LogP contribution in [0.4, 0.5) is 5.69 Å². The lowest BCUT2D eigenvalue weighted by atomic mass is 10.2. The lowest BCUT2D eigenvalue weighted by Crippen LogP contribution is -2.24. The van der Waals surface area contributed by atoms with Crippen LogP contribution in [0.2, 0.25) is 0 Å². The first-order valence-electron chi connectivity index (χ1n) is 5.39. The summed E-state index contributed by atoms with van der Waals surface area (Å²) in [4.78, 5) is 12.4. The summed E-state index contributed by atoms with van der Waals surface area (Å²) < 4.78 is 0. The lowest BCUT2D eigenvalue weighted by Gasteiger charge is -2.22. The highest BCUT2D eigenvalue weighted by atomic mass is 16.4. The first-order valence-corrected chi connectivity index (χ1v) is 5.39. The topological polar surface area (TPSA) is 60.8 Å². The number of carboxylic acids is 1. The van der Waals surface area contributed by atoms with Crippen molar-refractivity contribution in [2.45, 2.75) is 19.8 Å². The summed E-state index contributed by atoms with van der Waals surface area (Å²) in [7, 11) is 0. The SMILES string of the molecule is CCN(CCCC(=O)O)c1cccc(O)c1. The normalized spacial score (nSPS) is 10.1. The molecule has 0 aromatic heterocycles. The molecular formula is C12H17NO3. The maximum absolute atomic E-state index is 10.4. The van der Waals surface area contributed by atoms with Crippen LogP contribution in [0, 0.1) is 0 Å². The van der Waals surface area contributed by atoms with Crippen molar-refractivity contribution < 1.29 is 15.0 Å². The Hall–Kier alpha value is -1.71. The molecule has 1 aromatic carbocycles. The highest BCUT2D eigenvalue weighted by molar-refractivity contribution is 5.66. The molecule has 0 heterocycles. The second-order valence-corrected chi connectivity index (χ2v) is 3.60. The number of anilines is 1. The molecule has 0 bridgehead atoms. The molecule has 1 rings (SSSR count). The van der Waals surface area contributed by atoms with Gasteiger partial charge in [0.25, 0.3) is 0 Å². The Morgan fingerprint density at radius 3 is 2.75 bits per heavy atom. The second kappa shape index (κ2) is 6.00. The Balaban J connectivity index is 2.57. The Kier molecular flexibility index (Phi) is 4.64. The minimum absolute atomic E-state index is 0.176. The molecule has 0 aliphatic rings. The zero-order chi connectivity index (χ0) is 12.0. The number of aliphatic carboxylic acids is 1. The fourth-order valence-corrected chi connectivity index (χ4v) is 1.58. The number of benzene rings is 1. The molecule has 0 radical (unpaired) electrons. The maximum atomic E-state index is 10.4. The van der Waals surface area contributed by atoms with E-state index in [-0.39, 0.29) is 12.2 Å². The van der Waals surface area contributed by atoms with E-state index in [1.807, 2.05) is 17.9 Å². The van der Waals surface area contributed by atoms with Crippen molar-refractivity contribution in [3.8, 4) is 5.75 Å². The van der Waals surface area contributed by atoms with Gasteiger partial charge >= 0.3 is 5.97 Å². The summed E-state index contributed by atoms with van der Waals surface area (Å²) in [5.41, 5.74) is 0.924. The molecule has 0 unspecified atom stereocenters. The molecule has 0 aliphatic carbocycles. The average Bonchev–Trinajstić information content (AvgIpc) is 2.24. The molecule has 0 amide bonds. The Bertz CT molecular complexity index is 352. The van der Waals surface area contributed by atoms with Crippen LogP contribution in [0.1, 0.15) is 19.8 Å². The molecule has 0 saturated carbocycles. The molecule has 1 aromatic rings. The molecule has 4 heteroatoms. The number of phenols is 1. The van der Waals surface area contributed by atoms with Crippen LogP contribution >= 0.6 is 0 Å². The zero-order valence-electron chi connectivity index (χ0n) is 9.39. The average molecular weight is 223 g/mol. The Morgan fingerprint density at radius 2 is 2.19 bits per heavy atom. The standard InChI is InChI=1S/C12H17NO3/c1-2-13(8-4-7-12(15)16)10-5-3-6-11(14)9-10/h3,5-6,9,14H,2,4,7-8H2,1H3,(H,15,16). The third-order valence-corrected chi connectivity index (χ3v) is 2.40. The second-order valence-electron chi connectivity index (χ2n) is 3.60. The summed E-state index contributed by atoms with van der Waals surface area (Å²) >= 11 is 0. The van der Waals surface area contributed by atoms with Gasteiger partial charge in [-0.05, 0) is 25.5 Å². The molecule has 0 aliphatic heterocycles. The summed E-state index contributed by atoms with van der Waals surface area (Å²) in [6.07, 6.45) is 0.786. The van der Waals surface area contributed by atoms with Gasteiger partial charge in [-0.15, -0.1) is 0 Å². The number of phenolic OH excluding ortho intramolecular Hbond substituents is 1. The largest absolute Gasteiger partial charge is 0.508 e. The van der Waals surface area contributed by atoms with Crippen molar-refractivity contribution in [2.75, 3.05) is 18.0 Å². The molecule has 0 atom stereocenters. The number of hydrogen-bond donors (Lipinski definition) is 2. The van der Waals surface area contributed by atoms with Gasteiger partial charge in [-0.25, -0.2) is 0 Å². The smallest absolute Gasteiger partial charge is 0.303 e. The number of carboxylic acid groups (broad SMARTS) is 1. The number of hydrogen-bond acceptors (Lipinski definition) is 3. The molecule has 4 nitrogen and oxygen atoms in total.